The van der Waals surface area contributed by atoms with E-state index in [2.05, 4.69) is 0 Å². The van der Waals surface area contributed by atoms with Gasteiger partial charge >= 0.3 is 0 Å². The third kappa shape index (κ3) is 2.81. The van der Waals surface area contributed by atoms with Crippen molar-refractivity contribution >= 4 is 17.4 Å². The van der Waals surface area contributed by atoms with Gasteiger partial charge in [0.15, 0.2) is 4.80 Å². The number of nitrogens with zero attached hydrogens (tertiary/aromatic N) is 4. The second kappa shape index (κ2) is 6.77. The molecule has 32 heavy (non-hydrogen) atoms. The molecule has 2 aromatic heterocycles. The Morgan fingerprint density at radius 1 is 1.12 bits per heavy atom. The highest BCUT2D eigenvalue weighted by Crippen LogP contribution is 2.42. The number of benzene rings is 2. The lowest BCUT2D eigenvalue weighted by molar-refractivity contribution is 0.0410. The molecule has 0 aliphatic carbocycles. The van der Waals surface area contributed by atoms with Crippen molar-refractivity contribution in [1.29, 1.82) is 0 Å². The minimum Gasteiger partial charge on any atom is -0.466 e. The van der Waals surface area contributed by atoms with Gasteiger partial charge in [-0.15, -0.1) is 0 Å². The molecule has 2 unspecified atom stereocenters. The molecule has 7 heteroatoms. The first-order valence-electron chi connectivity index (χ1n) is 10.7. The van der Waals surface area contributed by atoms with Gasteiger partial charge < -0.3 is 4.74 Å². The third-order valence-corrected chi connectivity index (χ3v) is 7.27. The molecule has 4 aromatic rings. The zero-order chi connectivity index (χ0) is 22.0. The maximum atomic E-state index is 13.5. The van der Waals surface area contributed by atoms with Crippen LogP contribution in [0.5, 0.6) is 5.75 Å². The van der Waals surface area contributed by atoms with E-state index in [1.807, 2.05) is 90.7 Å². The lowest BCUT2D eigenvalue weighted by Gasteiger charge is -2.39. The summed E-state index contributed by atoms with van der Waals surface area (Å²) >= 11 is 1.42. The first-order chi connectivity index (χ1) is 15.4. The molecular formula is C25H22N4O2S. The molecule has 0 amide bonds. The van der Waals surface area contributed by atoms with Crippen molar-refractivity contribution in [2.24, 2.45) is 4.99 Å². The minimum absolute atomic E-state index is 0.0104. The van der Waals surface area contributed by atoms with Crippen LogP contribution in [0.3, 0.4) is 0 Å². The number of para-hydroxylation sites is 2. The van der Waals surface area contributed by atoms with Crippen molar-refractivity contribution in [1.82, 2.24) is 14.3 Å². The summed E-state index contributed by atoms with van der Waals surface area (Å²) in [4.78, 5) is 19.1. The minimum atomic E-state index is -0.655. The Bertz CT molecular complexity index is 1550. The zero-order valence-corrected chi connectivity index (χ0v) is 18.9. The van der Waals surface area contributed by atoms with Gasteiger partial charge in [0, 0.05) is 23.2 Å². The number of thiazole rings is 1. The van der Waals surface area contributed by atoms with Crippen LogP contribution in [0.1, 0.15) is 41.9 Å². The standard InChI is InChI=1S/C25H22N4O2S/c1-15-19(16(2)29(27-15)17-9-5-4-6-10-17)13-22-23(30)28-20-14-25(3,26-24(28)32-22)31-21-12-8-7-11-18(20)21/h4-13,20H,14H2,1-3H3/b22-13-. The largest absolute Gasteiger partial charge is 0.466 e. The molecule has 2 aromatic carbocycles. The van der Waals surface area contributed by atoms with Gasteiger partial charge in [0.05, 0.1) is 22.0 Å². The monoisotopic (exact) mass is 442 g/mol. The van der Waals surface area contributed by atoms with Crippen LogP contribution in [0.4, 0.5) is 0 Å². The van der Waals surface area contributed by atoms with Crippen LogP contribution in [0.15, 0.2) is 64.4 Å². The van der Waals surface area contributed by atoms with E-state index < -0.39 is 5.72 Å². The van der Waals surface area contributed by atoms with Crippen LogP contribution >= 0.6 is 11.3 Å². The van der Waals surface area contributed by atoms with Gasteiger partial charge in [0.2, 0.25) is 5.72 Å². The van der Waals surface area contributed by atoms with E-state index in [9.17, 15) is 4.79 Å². The summed E-state index contributed by atoms with van der Waals surface area (Å²) in [5.74, 6) is 0.806. The zero-order valence-electron chi connectivity index (χ0n) is 18.1. The summed E-state index contributed by atoms with van der Waals surface area (Å²) in [6.07, 6.45) is 2.61. The number of fused-ring (bicyclic) bond motifs is 6. The second-order valence-electron chi connectivity index (χ2n) is 8.55. The van der Waals surface area contributed by atoms with Crippen LogP contribution in [0.2, 0.25) is 0 Å². The predicted molar refractivity (Wildman–Crippen MR) is 124 cm³/mol. The summed E-state index contributed by atoms with van der Waals surface area (Å²) in [7, 11) is 0. The summed E-state index contributed by atoms with van der Waals surface area (Å²) in [6.45, 7) is 6.00. The first-order valence-corrected chi connectivity index (χ1v) is 11.5. The molecule has 0 N–H and O–H groups in total. The van der Waals surface area contributed by atoms with E-state index in [-0.39, 0.29) is 11.6 Å². The fourth-order valence-corrected chi connectivity index (χ4v) is 5.86. The maximum absolute atomic E-state index is 13.5. The molecule has 2 atom stereocenters. The number of hydrogen-bond acceptors (Lipinski definition) is 5. The van der Waals surface area contributed by atoms with Crippen molar-refractivity contribution in [2.75, 3.05) is 0 Å². The number of rotatable bonds is 2. The molecule has 160 valence electrons. The summed E-state index contributed by atoms with van der Waals surface area (Å²) in [5, 5.41) is 4.72. The number of aromatic nitrogens is 3. The van der Waals surface area contributed by atoms with Gasteiger partial charge in [0.25, 0.3) is 5.56 Å². The smallest absolute Gasteiger partial charge is 0.270 e. The quantitative estimate of drug-likeness (QED) is 0.479. The Kier molecular flexibility index (Phi) is 4.07. The second-order valence-corrected chi connectivity index (χ2v) is 9.56. The molecule has 2 aliphatic heterocycles. The van der Waals surface area contributed by atoms with E-state index in [0.717, 1.165) is 34.0 Å². The molecule has 6 rings (SSSR count). The Hall–Kier alpha value is -3.45. The van der Waals surface area contributed by atoms with Gasteiger partial charge in [-0.2, -0.15) is 5.10 Å². The molecule has 0 saturated heterocycles. The third-order valence-electron chi connectivity index (χ3n) is 6.28. The molecule has 4 heterocycles. The normalized spacial score (nSPS) is 21.5. The highest BCUT2D eigenvalue weighted by molar-refractivity contribution is 7.07. The first kappa shape index (κ1) is 19.3. The molecule has 2 bridgehead atoms. The molecule has 0 saturated carbocycles. The van der Waals surface area contributed by atoms with Gasteiger partial charge in [-0.3, -0.25) is 9.36 Å². The van der Waals surface area contributed by atoms with E-state index >= 15 is 0 Å². The van der Waals surface area contributed by atoms with Gasteiger partial charge in [0.1, 0.15) is 5.75 Å². The molecule has 2 aliphatic rings. The number of aryl methyl sites for hydroxylation is 1. The van der Waals surface area contributed by atoms with Crippen molar-refractivity contribution in [3.63, 3.8) is 0 Å². The SMILES string of the molecule is Cc1nn(-c2ccccc2)c(C)c1/C=c1\sc2n(c1=O)C1CC(C)(N=2)Oc2ccccc21. The summed E-state index contributed by atoms with van der Waals surface area (Å²) in [6, 6.07) is 17.9. The summed E-state index contributed by atoms with van der Waals surface area (Å²) in [5.41, 5.74) is 4.23. The average Bonchev–Trinajstić information content (AvgIpc) is 3.24. The molecule has 0 radical (unpaired) electrons. The van der Waals surface area contributed by atoms with Crippen LogP contribution in [-0.2, 0) is 0 Å². The number of ether oxygens (including phenoxy) is 1. The number of hydrogen-bond donors (Lipinski definition) is 0. The Labute approximate surface area is 188 Å². The predicted octanol–water partition coefficient (Wildman–Crippen LogP) is 3.26. The van der Waals surface area contributed by atoms with Crippen LogP contribution in [0.25, 0.3) is 11.8 Å². The topological polar surface area (TPSA) is 61.4 Å². The Morgan fingerprint density at radius 3 is 2.69 bits per heavy atom. The van der Waals surface area contributed by atoms with Gasteiger partial charge in [-0.1, -0.05) is 47.7 Å². The van der Waals surface area contributed by atoms with Crippen molar-refractivity contribution in [2.45, 2.75) is 39.0 Å². The van der Waals surface area contributed by atoms with Crippen LogP contribution in [-0.4, -0.2) is 20.1 Å². The van der Waals surface area contributed by atoms with Crippen LogP contribution in [0, 0.1) is 13.8 Å². The Balaban J connectivity index is 1.54. The average molecular weight is 443 g/mol. The van der Waals surface area contributed by atoms with Crippen molar-refractivity contribution in [3.05, 3.63) is 96.8 Å². The van der Waals surface area contributed by atoms with E-state index in [4.69, 9.17) is 14.8 Å². The molecular weight excluding hydrogens is 420 g/mol. The maximum Gasteiger partial charge on any atom is 0.270 e. The molecule has 6 nitrogen and oxygen atoms in total. The van der Waals surface area contributed by atoms with Gasteiger partial charge in [-0.05, 0) is 45.0 Å². The molecule has 0 spiro atoms. The lowest BCUT2D eigenvalue weighted by Crippen LogP contribution is -2.49. The van der Waals surface area contributed by atoms with E-state index in [1.165, 1.54) is 11.3 Å². The lowest BCUT2D eigenvalue weighted by atomic mass is 9.93. The van der Waals surface area contributed by atoms with E-state index in [0.29, 0.717) is 15.8 Å². The highest BCUT2D eigenvalue weighted by atomic mass is 32.1. The fourth-order valence-electron chi connectivity index (χ4n) is 4.75. The van der Waals surface area contributed by atoms with Crippen LogP contribution < -0.4 is 19.6 Å². The van der Waals surface area contributed by atoms with Crippen molar-refractivity contribution in [3.8, 4) is 11.4 Å². The highest BCUT2D eigenvalue weighted by Gasteiger charge is 2.42. The Morgan fingerprint density at radius 2 is 1.88 bits per heavy atom. The fraction of sp³-hybridized carbons (Fsp3) is 0.240. The van der Waals surface area contributed by atoms with Gasteiger partial charge in [-0.25, -0.2) is 9.67 Å². The molecule has 0 fully saturated rings. The summed E-state index contributed by atoms with van der Waals surface area (Å²) < 4.78 is 10.6. The van der Waals surface area contributed by atoms with Crippen molar-refractivity contribution < 1.29 is 4.74 Å². The van der Waals surface area contributed by atoms with E-state index in [1.54, 1.807) is 0 Å².